The summed E-state index contributed by atoms with van der Waals surface area (Å²) in [6.07, 6.45) is 0. The van der Waals surface area contributed by atoms with Gasteiger partial charge in [0.15, 0.2) is 0 Å². The standard InChI is InChI=1S/C10H13N3O2/c1-6-3-4-8(5-7(6)2)12-9(14)10(15)13-11/h3-5H,11H2,1-2H3,(H,12,14)(H,13,15). The molecule has 0 unspecified atom stereocenters. The second-order valence-electron chi connectivity index (χ2n) is 3.23. The lowest BCUT2D eigenvalue weighted by atomic mass is 10.1. The zero-order chi connectivity index (χ0) is 11.4. The van der Waals surface area contributed by atoms with Crippen LogP contribution < -0.4 is 16.6 Å². The average Bonchev–Trinajstić information content (AvgIpc) is 2.22. The number of carbonyl (C=O) groups excluding carboxylic acids is 2. The molecule has 1 aromatic rings. The summed E-state index contributed by atoms with van der Waals surface area (Å²) >= 11 is 0. The molecule has 5 nitrogen and oxygen atoms in total. The summed E-state index contributed by atoms with van der Waals surface area (Å²) in [6.45, 7) is 3.89. The van der Waals surface area contributed by atoms with E-state index in [1.165, 1.54) is 0 Å². The molecule has 4 N–H and O–H groups in total. The van der Waals surface area contributed by atoms with Crippen LogP contribution in [0.5, 0.6) is 0 Å². The van der Waals surface area contributed by atoms with E-state index >= 15 is 0 Å². The molecule has 0 atom stereocenters. The van der Waals surface area contributed by atoms with Crippen molar-refractivity contribution in [2.75, 3.05) is 5.32 Å². The minimum absolute atomic E-state index is 0.576. The van der Waals surface area contributed by atoms with E-state index in [0.29, 0.717) is 5.69 Å². The van der Waals surface area contributed by atoms with Crippen LogP contribution >= 0.6 is 0 Å². The number of aryl methyl sites for hydroxylation is 2. The number of nitrogens with two attached hydrogens (primary N) is 1. The molecule has 0 aliphatic carbocycles. The Balaban J connectivity index is 2.77. The van der Waals surface area contributed by atoms with Gasteiger partial charge in [-0.05, 0) is 37.1 Å². The van der Waals surface area contributed by atoms with Gasteiger partial charge in [0.1, 0.15) is 0 Å². The molecule has 80 valence electrons. The predicted octanol–water partition coefficient (Wildman–Crippen LogP) is 0.232. The van der Waals surface area contributed by atoms with Crippen LogP contribution in [-0.2, 0) is 9.59 Å². The van der Waals surface area contributed by atoms with Gasteiger partial charge in [0, 0.05) is 5.69 Å². The van der Waals surface area contributed by atoms with E-state index in [2.05, 4.69) is 5.32 Å². The van der Waals surface area contributed by atoms with Crippen LogP contribution in [-0.4, -0.2) is 11.8 Å². The van der Waals surface area contributed by atoms with Crippen molar-refractivity contribution in [2.45, 2.75) is 13.8 Å². The summed E-state index contributed by atoms with van der Waals surface area (Å²) in [7, 11) is 0. The van der Waals surface area contributed by atoms with Gasteiger partial charge in [-0.1, -0.05) is 6.07 Å². The quantitative estimate of drug-likeness (QED) is 0.267. The Morgan fingerprint density at radius 1 is 1.13 bits per heavy atom. The van der Waals surface area contributed by atoms with Crippen LogP contribution in [0.25, 0.3) is 0 Å². The van der Waals surface area contributed by atoms with Crippen molar-refractivity contribution in [3.63, 3.8) is 0 Å². The van der Waals surface area contributed by atoms with Crippen molar-refractivity contribution >= 4 is 17.5 Å². The molecule has 0 fully saturated rings. The predicted molar refractivity (Wildman–Crippen MR) is 56.9 cm³/mol. The van der Waals surface area contributed by atoms with Crippen molar-refractivity contribution in [3.8, 4) is 0 Å². The maximum Gasteiger partial charge on any atom is 0.323 e. The summed E-state index contributed by atoms with van der Waals surface area (Å²) in [4.78, 5) is 22.0. The largest absolute Gasteiger partial charge is 0.323 e. The lowest BCUT2D eigenvalue weighted by molar-refractivity contribution is -0.136. The molecule has 5 heteroatoms. The molecule has 0 spiro atoms. The van der Waals surface area contributed by atoms with E-state index < -0.39 is 11.8 Å². The summed E-state index contributed by atoms with van der Waals surface area (Å²) in [5.74, 6) is 3.18. The van der Waals surface area contributed by atoms with Gasteiger partial charge in [-0.15, -0.1) is 0 Å². The third-order valence-electron chi connectivity index (χ3n) is 2.10. The van der Waals surface area contributed by atoms with Gasteiger partial charge in [-0.25, -0.2) is 5.84 Å². The number of rotatable bonds is 1. The Hall–Kier alpha value is -1.88. The van der Waals surface area contributed by atoms with Crippen molar-refractivity contribution < 1.29 is 9.59 Å². The second-order valence-corrected chi connectivity index (χ2v) is 3.23. The summed E-state index contributed by atoms with van der Waals surface area (Å²) in [5.41, 5.74) is 4.50. The highest BCUT2D eigenvalue weighted by Crippen LogP contribution is 2.13. The average molecular weight is 207 g/mol. The Labute approximate surface area is 87.6 Å². The highest BCUT2D eigenvalue weighted by Gasteiger charge is 2.11. The molecule has 0 bridgehead atoms. The fraction of sp³-hybridized carbons (Fsp3) is 0.200. The first kappa shape index (κ1) is 11.2. The van der Waals surface area contributed by atoms with Crippen molar-refractivity contribution in [1.29, 1.82) is 0 Å². The van der Waals surface area contributed by atoms with E-state index in [1.54, 1.807) is 17.6 Å². The van der Waals surface area contributed by atoms with Gasteiger partial charge in [0.2, 0.25) is 0 Å². The summed E-state index contributed by atoms with van der Waals surface area (Å²) in [5, 5.41) is 2.43. The van der Waals surface area contributed by atoms with Crippen molar-refractivity contribution in [2.24, 2.45) is 5.84 Å². The Morgan fingerprint density at radius 3 is 2.33 bits per heavy atom. The Bertz CT molecular complexity index is 402. The molecule has 0 aromatic heterocycles. The number of hydrazine groups is 1. The zero-order valence-electron chi connectivity index (χ0n) is 8.63. The number of nitrogens with one attached hydrogen (secondary N) is 2. The zero-order valence-corrected chi connectivity index (χ0v) is 8.63. The lowest BCUT2D eigenvalue weighted by Gasteiger charge is -2.06. The van der Waals surface area contributed by atoms with E-state index in [1.807, 2.05) is 19.9 Å². The van der Waals surface area contributed by atoms with Gasteiger partial charge in [0.05, 0.1) is 0 Å². The molecule has 0 saturated carbocycles. The maximum atomic E-state index is 11.1. The molecule has 0 aliphatic heterocycles. The van der Waals surface area contributed by atoms with Crippen LogP contribution in [0.2, 0.25) is 0 Å². The molecule has 2 amide bonds. The molecule has 0 heterocycles. The van der Waals surface area contributed by atoms with Crippen LogP contribution in [0.4, 0.5) is 5.69 Å². The molecular weight excluding hydrogens is 194 g/mol. The first-order chi connectivity index (χ1) is 7.04. The summed E-state index contributed by atoms with van der Waals surface area (Å²) in [6, 6.07) is 5.38. The number of anilines is 1. The molecule has 0 aliphatic rings. The third-order valence-corrected chi connectivity index (χ3v) is 2.10. The molecule has 15 heavy (non-hydrogen) atoms. The lowest BCUT2D eigenvalue weighted by Crippen LogP contribution is -2.39. The van der Waals surface area contributed by atoms with Crippen LogP contribution in [0.3, 0.4) is 0 Å². The van der Waals surface area contributed by atoms with Crippen LogP contribution in [0.1, 0.15) is 11.1 Å². The minimum atomic E-state index is -0.867. The van der Waals surface area contributed by atoms with E-state index in [9.17, 15) is 9.59 Å². The third kappa shape index (κ3) is 2.78. The van der Waals surface area contributed by atoms with E-state index in [-0.39, 0.29) is 0 Å². The molecular formula is C10H13N3O2. The normalized spacial score (nSPS) is 9.53. The molecule has 0 saturated heterocycles. The van der Waals surface area contributed by atoms with E-state index in [4.69, 9.17) is 5.84 Å². The number of benzene rings is 1. The Kier molecular flexibility index (Phi) is 3.41. The first-order valence-corrected chi connectivity index (χ1v) is 4.43. The Morgan fingerprint density at radius 2 is 1.80 bits per heavy atom. The van der Waals surface area contributed by atoms with Crippen LogP contribution in [0, 0.1) is 13.8 Å². The number of hydrogen-bond donors (Lipinski definition) is 3. The van der Waals surface area contributed by atoms with Gasteiger partial charge in [0.25, 0.3) is 0 Å². The first-order valence-electron chi connectivity index (χ1n) is 4.43. The summed E-state index contributed by atoms with van der Waals surface area (Å²) < 4.78 is 0. The molecule has 1 rings (SSSR count). The monoisotopic (exact) mass is 207 g/mol. The van der Waals surface area contributed by atoms with Gasteiger partial charge < -0.3 is 5.32 Å². The highest BCUT2D eigenvalue weighted by atomic mass is 16.2. The highest BCUT2D eigenvalue weighted by molar-refractivity contribution is 6.39. The fourth-order valence-electron chi connectivity index (χ4n) is 1.07. The van der Waals surface area contributed by atoms with E-state index in [0.717, 1.165) is 11.1 Å². The fourth-order valence-corrected chi connectivity index (χ4v) is 1.07. The minimum Gasteiger partial charge on any atom is -0.318 e. The topological polar surface area (TPSA) is 84.2 Å². The number of hydrogen-bond acceptors (Lipinski definition) is 3. The van der Waals surface area contributed by atoms with Gasteiger partial charge in [-0.3, -0.25) is 15.0 Å². The van der Waals surface area contributed by atoms with Crippen molar-refractivity contribution in [1.82, 2.24) is 5.43 Å². The van der Waals surface area contributed by atoms with Gasteiger partial charge >= 0.3 is 11.8 Å². The second kappa shape index (κ2) is 4.56. The molecule has 1 aromatic carbocycles. The maximum absolute atomic E-state index is 11.1. The number of carbonyl (C=O) groups is 2. The van der Waals surface area contributed by atoms with Gasteiger partial charge in [-0.2, -0.15) is 0 Å². The van der Waals surface area contributed by atoms with Crippen LogP contribution in [0.15, 0.2) is 18.2 Å². The smallest absolute Gasteiger partial charge is 0.318 e. The SMILES string of the molecule is Cc1ccc(NC(=O)C(=O)NN)cc1C. The molecule has 0 radical (unpaired) electrons. The number of amides is 2. The van der Waals surface area contributed by atoms with Crippen molar-refractivity contribution in [3.05, 3.63) is 29.3 Å².